The van der Waals surface area contributed by atoms with Crippen LogP contribution in [0, 0.1) is 0 Å². The van der Waals surface area contributed by atoms with Crippen LogP contribution in [0.2, 0.25) is 0 Å². The number of aromatic nitrogens is 4. The molecule has 1 aliphatic rings. The second-order valence-electron chi connectivity index (χ2n) is 5.36. The van der Waals surface area contributed by atoms with Gasteiger partial charge >= 0.3 is 0 Å². The molecule has 3 rings (SSSR count). The van der Waals surface area contributed by atoms with Crippen molar-refractivity contribution >= 4 is 57.7 Å². The highest BCUT2D eigenvalue weighted by atomic mass is 32.2. The molecule has 8 nitrogen and oxygen atoms in total. The van der Waals surface area contributed by atoms with Gasteiger partial charge in [0, 0.05) is 19.3 Å². The molecule has 0 saturated carbocycles. The molecule has 2 aromatic rings. The molecule has 0 aliphatic carbocycles. The van der Waals surface area contributed by atoms with Crippen molar-refractivity contribution in [2.75, 3.05) is 36.3 Å². The number of hydrogen-bond donors (Lipinski definition) is 1. The number of thioether (sulfide) groups is 3. The Kier molecular flexibility index (Phi) is 7.58. The van der Waals surface area contributed by atoms with Crippen LogP contribution in [0.5, 0.6) is 0 Å². The highest BCUT2D eigenvalue weighted by Gasteiger charge is 2.22. The summed E-state index contributed by atoms with van der Waals surface area (Å²) < 4.78 is 7.53. The molecule has 146 valence electrons. The van der Waals surface area contributed by atoms with E-state index < -0.39 is 0 Å². The molecular weight excluding hydrogens is 426 g/mol. The second-order valence-corrected chi connectivity index (χ2v) is 9.90. The molecule has 27 heavy (non-hydrogen) atoms. The smallest absolute Gasteiger partial charge is 0.268 e. The normalized spacial score (nSPS) is 13.0. The van der Waals surface area contributed by atoms with Crippen LogP contribution in [0.3, 0.4) is 0 Å². The third kappa shape index (κ3) is 5.25. The lowest BCUT2D eigenvalue weighted by atomic mass is 10.3. The summed E-state index contributed by atoms with van der Waals surface area (Å²) in [4.78, 5) is 30.3. The van der Waals surface area contributed by atoms with Crippen molar-refractivity contribution < 1.29 is 9.53 Å². The molecule has 0 aromatic carbocycles. The number of fused-ring (bicyclic) bond motifs is 1. The molecule has 12 heteroatoms. The van der Waals surface area contributed by atoms with E-state index in [-0.39, 0.29) is 17.2 Å². The highest BCUT2D eigenvalue weighted by molar-refractivity contribution is 8.01. The molecule has 3 heterocycles. The third-order valence-electron chi connectivity index (χ3n) is 3.52. The Morgan fingerprint density at radius 2 is 2.22 bits per heavy atom. The number of hydrogen-bond acceptors (Lipinski definition) is 10. The van der Waals surface area contributed by atoms with Gasteiger partial charge in [-0.05, 0) is 5.75 Å². The molecule has 1 aliphatic heterocycles. The summed E-state index contributed by atoms with van der Waals surface area (Å²) in [6, 6.07) is 0. The number of rotatable bonds is 9. The minimum atomic E-state index is -0.202. The van der Waals surface area contributed by atoms with Gasteiger partial charge in [-0.15, -0.1) is 22.0 Å². The first-order valence-electron chi connectivity index (χ1n) is 8.26. The fraction of sp³-hybridized carbons (Fsp3) is 0.533. The number of nitrogens with one attached hydrogen (secondary N) is 1. The summed E-state index contributed by atoms with van der Waals surface area (Å²) in [7, 11) is 1.59. The average Bonchev–Trinajstić information content (AvgIpc) is 3.29. The Labute approximate surface area is 173 Å². The Bertz CT molecular complexity index is 870. The van der Waals surface area contributed by atoms with Crippen LogP contribution in [-0.2, 0) is 22.5 Å². The monoisotopic (exact) mass is 445 g/mol. The number of nitrogens with zero attached hydrogens (tertiary/aromatic N) is 4. The topological polar surface area (TPSA) is 99.0 Å². The maximum absolute atomic E-state index is 12.7. The van der Waals surface area contributed by atoms with Crippen LogP contribution in [0.1, 0.15) is 12.6 Å². The minimum absolute atomic E-state index is 0.0483. The van der Waals surface area contributed by atoms with Crippen molar-refractivity contribution in [3.8, 4) is 0 Å². The van der Waals surface area contributed by atoms with Crippen LogP contribution < -0.4 is 10.9 Å². The molecule has 0 spiro atoms. The van der Waals surface area contributed by atoms with Crippen LogP contribution in [0.25, 0.3) is 0 Å². The molecule has 0 atom stereocenters. The fourth-order valence-electron chi connectivity index (χ4n) is 2.34. The molecule has 1 N–H and O–H groups in total. The first-order valence-corrected chi connectivity index (χ1v) is 12.0. The Morgan fingerprint density at radius 1 is 1.37 bits per heavy atom. The lowest BCUT2D eigenvalue weighted by Gasteiger charge is -2.13. The summed E-state index contributed by atoms with van der Waals surface area (Å²) in [5.74, 6) is 1.71. The van der Waals surface area contributed by atoms with E-state index in [0.717, 1.165) is 32.9 Å². The van der Waals surface area contributed by atoms with E-state index in [1.807, 2.05) is 6.92 Å². The Morgan fingerprint density at radius 3 is 3.00 bits per heavy atom. The van der Waals surface area contributed by atoms with Crippen LogP contribution >= 0.6 is 46.6 Å². The van der Waals surface area contributed by atoms with Crippen molar-refractivity contribution in [1.29, 1.82) is 0 Å². The van der Waals surface area contributed by atoms with Crippen molar-refractivity contribution in [3.63, 3.8) is 0 Å². The lowest BCUT2D eigenvalue weighted by Crippen LogP contribution is -2.27. The largest absolute Gasteiger partial charge is 0.383 e. The van der Waals surface area contributed by atoms with Gasteiger partial charge < -0.3 is 4.74 Å². The van der Waals surface area contributed by atoms with Gasteiger partial charge in [0.1, 0.15) is 0 Å². The summed E-state index contributed by atoms with van der Waals surface area (Å²) in [6.07, 6.45) is 0.781. The van der Waals surface area contributed by atoms with E-state index >= 15 is 0 Å². The highest BCUT2D eigenvalue weighted by Crippen LogP contribution is 2.29. The lowest BCUT2D eigenvalue weighted by molar-refractivity contribution is -0.113. The van der Waals surface area contributed by atoms with Crippen molar-refractivity contribution in [1.82, 2.24) is 19.7 Å². The van der Waals surface area contributed by atoms with Gasteiger partial charge in [0.25, 0.3) is 5.56 Å². The van der Waals surface area contributed by atoms with Crippen LogP contribution in [0.4, 0.5) is 5.13 Å². The van der Waals surface area contributed by atoms with Gasteiger partial charge in [0.05, 0.1) is 29.5 Å². The molecule has 1 amide bonds. The van der Waals surface area contributed by atoms with Crippen LogP contribution in [-0.4, -0.2) is 56.6 Å². The molecule has 0 radical (unpaired) electrons. The number of carbonyl (C=O) groups excluding carboxylic acids is 1. The quantitative estimate of drug-likeness (QED) is 0.354. The molecular formula is C15H19N5O3S4. The fourth-order valence-corrected chi connectivity index (χ4v) is 5.89. The molecule has 0 fully saturated rings. The Hall–Kier alpha value is -1.08. The van der Waals surface area contributed by atoms with Gasteiger partial charge in [0.2, 0.25) is 11.0 Å². The predicted octanol–water partition coefficient (Wildman–Crippen LogP) is 2.23. The number of methoxy groups -OCH3 is 1. The molecule has 0 bridgehead atoms. The number of anilines is 1. The molecule has 0 unspecified atom stereocenters. The summed E-state index contributed by atoms with van der Waals surface area (Å²) in [5, 5.41) is 11.8. The molecule has 2 aromatic heterocycles. The van der Waals surface area contributed by atoms with E-state index in [4.69, 9.17) is 4.74 Å². The van der Waals surface area contributed by atoms with Gasteiger partial charge in [-0.25, -0.2) is 4.98 Å². The maximum Gasteiger partial charge on any atom is 0.268 e. The first kappa shape index (κ1) is 20.6. The van der Waals surface area contributed by atoms with Crippen molar-refractivity contribution in [2.45, 2.75) is 34.3 Å². The number of amides is 1. The minimum Gasteiger partial charge on any atom is -0.383 e. The zero-order valence-electron chi connectivity index (χ0n) is 14.9. The van der Waals surface area contributed by atoms with E-state index in [0.29, 0.717) is 23.4 Å². The van der Waals surface area contributed by atoms with Gasteiger partial charge in [0.15, 0.2) is 9.50 Å². The number of ether oxygens (including phenoxy) is 1. The van der Waals surface area contributed by atoms with Crippen molar-refractivity contribution in [2.24, 2.45) is 0 Å². The predicted molar refractivity (Wildman–Crippen MR) is 110 cm³/mol. The number of aryl methyl sites for hydroxylation is 1. The van der Waals surface area contributed by atoms with Gasteiger partial charge in [-0.3, -0.25) is 19.5 Å². The maximum atomic E-state index is 12.7. The number of carbonyl (C=O) groups is 1. The van der Waals surface area contributed by atoms with Crippen LogP contribution in [0.15, 0.2) is 19.2 Å². The summed E-state index contributed by atoms with van der Waals surface area (Å²) in [5.41, 5.74) is 0.778. The molecule has 0 saturated heterocycles. The standard InChI is InChI=1S/C15H19N5O3S4/c1-3-24-15-19-18-13(27-15)17-10(21)8-26-14-16-9-4-7-25-11(9)12(22)20(14)5-6-23-2/h3-8H2,1-2H3,(H,17,18,21). The first-order chi connectivity index (χ1) is 13.1. The van der Waals surface area contributed by atoms with Gasteiger partial charge in [-0.1, -0.05) is 41.8 Å². The zero-order chi connectivity index (χ0) is 19.2. The summed E-state index contributed by atoms with van der Waals surface area (Å²) >= 11 is 5.72. The Balaban J connectivity index is 1.68. The van der Waals surface area contributed by atoms with E-state index in [1.165, 1.54) is 23.1 Å². The average molecular weight is 446 g/mol. The third-order valence-corrected chi connectivity index (χ3v) is 7.46. The SMILES string of the molecule is CCSc1nnc(NC(=O)CSc2nc3c(c(=O)n2CCOC)SCC3)s1. The van der Waals surface area contributed by atoms with Gasteiger partial charge in [-0.2, -0.15) is 0 Å². The summed E-state index contributed by atoms with van der Waals surface area (Å²) in [6.45, 7) is 2.85. The van der Waals surface area contributed by atoms with Crippen molar-refractivity contribution in [3.05, 3.63) is 16.0 Å². The van der Waals surface area contributed by atoms with E-state index in [1.54, 1.807) is 35.2 Å². The van der Waals surface area contributed by atoms with E-state index in [2.05, 4.69) is 20.5 Å². The van der Waals surface area contributed by atoms with E-state index in [9.17, 15) is 9.59 Å². The second kappa shape index (κ2) is 9.92. The zero-order valence-corrected chi connectivity index (χ0v) is 18.2.